The molecular weight excluding hydrogens is 781 g/mol. The molecule has 0 saturated heterocycles. The van der Waals surface area contributed by atoms with E-state index in [9.17, 15) is 14.4 Å². The van der Waals surface area contributed by atoms with E-state index in [2.05, 4.69) is 69.4 Å². The van der Waals surface area contributed by atoms with Gasteiger partial charge in [-0.15, -0.1) is 0 Å². The fourth-order valence-electron chi connectivity index (χ4n) is 7.75. The van der Waals surface area contributed by atoms with Crippen molar-refractivity contribution in [2.45, 2.75) is 284 Å². The second-order valence-corrected chi connectivity index (χ2v) is 18.1. The molecule has 0 fully saturated rings. The van der Waals surface area contributed by atoms with Crippen LogP contribution in [-0.4, -0.2) is 37.2 Å². The Morgan fingerprint density at radius 1 is 0.333 bits per heavy atom. The minimum Gasteiger partial charge on any atom is -0.462 e. The number of hydrogen-bond donors (Lipinski definition) is 0. The quantitative estimate of drug-likeness (QED) is 0.0262. The number of esters is 3. The lowest BCUT2D eigenvalue weighted by Gasteiger charge is -2.18. The maximum absolute atomic E-state index is 12.8. The maximum Gasteiger partial charge on any atom is 0.306 e. The van der Waals surface area contributed by atoms with Crippen LogP contribution in [-0.2, 0) is 28.6 Å². The molecule has 0 spiro atoms. The van der Waals surface area contributed by atoms with Crippen molar-refractivity contribution in [3.8, 4) is 0 Å². The molecule has 0 heterocycles. The van der Waals surface area contributed by atoms with Crippen molar-refractivity contribution >= 4 is 17.9 Å². The largest absolute Gasteiger partial charge is 0.462 e. The van der Waals surface area contributed by atoms with Crippen molar-refractivity contribution in [2.75, 3.05) is 13.2 Å². The topological polar surface area (TPSA) is 78.9 Å². The van der Waals surface area contributed by atoms with Gasteiger partial charge in [0.1, 0.15) is 13.2 Å². The van der Waals surface area contributed by atoms with Gasteiger partial charge in [-0.05, 0) is 77.0 Å². The van der Waals surface area contributed by atoms with Gasteiger partial charge in [-0.3, -0.25) is 14.4 Å². The SMILES string of the molecule is CC/C=C\C/C=C\C/C=C\CCCCCC(=O)OC(COC(=O)CCCCCCCCCCC/C=C\CCCCCCCC)COC(=O)CCCCCCCCCCCCCCC. The minimum absolute atomic E-state index is 0.0830. The third-order valence-electron chi connectivity index (χ3n) is 11.8. The first-order valence-corrected chi connectivity index (χ1v) is 27.1. The number of hydrogen-bond acceptors (Lipinski definition) is 6. The Hall–Kier alpha value is -2.63. The van der Waals surface area contributed by atoms with Gasteiger partial charge in [-0.1, -0.05) is 230 Å². The molecule has 0 aliphatic heterocycles. The highest BCUT2D eigenvalue weighted by Gasteiger charge is 2.19. The highest BCUT2D eigenvalue weighted by molar-refractivity contribution is 5.71. The van der Waals surface area contributed by atoms with E-state index >= 15 is 0 Å². The minimum atomic E-state index is -0.786. The Kier molecular flexibility index (Phi) is 49.8. The summed E-state index contributed by atoms with van der Waals surface area (Å²) in [5.74, 6) is -0.905. The molecule has 0 aromatic rings. The van der Waals surface area contributed by atoms with Crippen molar-refractivity contribution in [1.82, 2.24) is 0 Å². The lowest BCUT2D eigenvalue weighted by atomic mass is 10.0. The number of rotatable bonds is 49. The summed E-state index contributed by atoms with van der Waals surface area (Å²) in [6.45, 7) is 6.51. The maximum atomic E-state index is 12.8. The third kappa shape index (κ3) is 50.2. The third-order valence-corrected chi connectivity index (χ3v) is 11.8. The molecule has 6 nitrogen and oxygen atoms in total. The fraction of sp³-hybridized carbons (Fsp3) is 0.807. The molecule has 366 valence electrons. The summed E-state index contributed by atoms with van der Waals surface area (Å²) < 4.78 is 16.8. The Morgan fingerprint density at radius 2 is 0.619 bits per heavy atom. The summed E-state index contributed by atoms with van der Waals surface area (Å²) in [7, 11) is 0. The number of carbonyl (C=O) groups is 3. The lowest BCUT2D eigenvalue weighted by molar-refractivity contribution is -0.167. The number of allylic oxidation sites excluding steroid dienone is 8. The Balaban J connectivity index is 4.34. The average molecular weight is 883 g/mol. The summed E-state index contributed by atoms with van der Waals surface area (Å²) in [5, 5.41) is 0. The van der Waals surface area contributed by atoms with Crippen molar-refractivity contribution in [1.29, 1.82) is 0 Å². The van der Waals surface area contributed by atoms with Crippen molar-refractivity contribution in [2.24, 2.45) is 0 Å². The van der Waals surface area contributed by atoms with Gasteiger partial charge < -0.3 is 14.2 Å². The number of carbonyl (C=O) groups excluding carboxylic acids is 3. The molecular formula is C57H102O6. The molecule has 0 aliphatic carbocycles. The Labute approximate surface area is 390 Å². The van der Waals surface area contributed by atoms with Gasteiger partial charge in [-0.2, -0.15) is 0 Å². The molecule has 0 aromatic carbocycles. The summed E-state index contributed by atoms with van der Waals surface area (Å²) in [4.78, 5) is 38.0. The standard InChI is InChI=1S/C57H102O6/c1-4-7-10-13-16-19-22-25-26-27-28-29-30-33-35-38-41-44-47-50-56(59)62-53-54(63-57(60)51-48-45-42-39-36-32-24-21-18-15-12-9-6-3)52-61-55(58)49-46-43-40-37-34-31-23-20-17-14-11-8-5-2/h9,12,18,21,25-26,32,36,54H,4-8,10-11,13-17,19-20,22-24,27-31,33-35,37-53H2,1-3H3/b12-9-,21-18-,26-25-,36-32-. The molecule has 0 N–H and O–H groups in total. The smallest absolute Gasteiger partial charge is 0.306 e. The van der Waals surface area contributed by atoms with Crippen LogP contribution in [0.5, 0.6) is 0 Å². The molecule has 0 amide bonds. The highest BCUT2D eigenvalue weighted by Crippen LogP contribution is 2.16. The molecule has 0 rings (SSSR count). The van der Waals surface area contributed by atoms with Crippen LogP contribution < -0.4 is 0 Å². The first-order chi connectivity index (χ1) is 31.0. The second kappa shape index (κ2) is 52.0. The molecule has 6 heteroatoms. The van der Waals surface area contributed by atoms with E-state index in [-0.39, 0.29) is 31.1 Å². The Bertz CT molecular complexity index is 1110. The summed E-state index contributed by atoms with van der Waals surface area (Å²) in [6.07, 6.45) is 62.4. The van der Waals surface area contributed by atoms with E-state index in [1.165, 1.54) is 154 Å². The number of unbranched alkanes of at least 4 members (excludes halogenated alkanes) is 30. The molecule has 0 aliphatic rings. The molecule has 1 atom stereocenters. The van der Waals surface area contributed by atoms with Crippen LogP contribution in [0, 0.1) is 0 Å². The van der Waals surface area contributed by atoms with Gasteiger partial charge in [-0.25, -0.2) is 0 Å². The summed E-state index contributed by atoms with van der Waals surface area (Å²) in [5.41, 5.74) is 0. The van der Waals surface area contributed by atoms with Crippen LogP contribution in [0.25, 0.3) is 0 Å². The van der Waals surface area contributed by atoms with Crippen molar-refractivity contribution in [3.05, 3.63) is 48.6 Å². The molecule has 1 unspecified atom stereocenters. The van der Waals surface area contributed by atoms with E-state index in [1.807, 2.05) is 0 Å². The van der Waals surface area contributed by atoms with Crippen molar-refractivity contribution < 1.29 is 28.6 Å². The number of ether oxygens (including phenoxy) is 3. The molecule has 0 saturated carbocycles. The predicted octanol–water partition coefficient (Wildman–Crippen LogP) is 17.9. The first kappa shape index (κ1) is 60.4. The monoisotopic (exact) mass is 883 g/mol. The van der Waals surface area contributed by atoms with Gasteiger partial charge >= 0.3 is 17.9 Å². The predicted molar refractivity (Wildman–Crippen MR) is 270 cm³/mol. The van der Waals surface area contributed by atoms with E-state index in [0.717, 1.165) is 83.5 Å². The zero-order valence-corrected chi connectivity index (χ0v) is 41.8. The molecule has 0 aromatic heterocycles. The zero-order valence-electron chi connectivity index (χ0n) is 41.8. The molecule has 63 heavy (non-hydrogen) atoms. The van der Waals surface area contributed by atoms with E-state index in [4.69, 9.17) is 14.2 Å². The van der Waals surface area contributed by atoms with E-state index in [1.54, 1.807) is 0 Å². The van der Waals surface area contributed by atoms with Gasteiger partial charge in [0.05, 0.1) is 0 Å². The summed E-state index contributed by atoms with van der Waals surface area (Å²) >= 11 is 0. The van der Waals surface area contributed by atoms with Crippen LogP contribution >= 0.6 is 0 Å². The molecule has 0 bridgehead atoms. The van der Waals surface area contributed by atoms with Crippen molar-refractivity contribution in [3.63, 3.8) is 0 Å². The fourth-order valence-corrected chi connectivity index (χ4v) is 7.75. The van der Waals surface area contributed by atoms with Crippen LogP contribution in [0.15, 0.2) is 48.6 Å². The lowest BCUT2D eigenvalue weighted by Crippen LogP contribution is -2.30. The molecule has 0 radical (unpaired) electrons. The Morgan fingerprint density at radius 3 is 1.00 bits per heavy atom. The van der Waals surface area contributed by atoms with Gasteiger partial charge in [0.2, 0.25) is 0 Å². The van der Waals surface area contributed by atoms with E-state index < -0.39 is 6.10 Å². The van der Waals surface area contributed by atoms with E-state index in [0.29, 0.717) is 19.3 Å². The van der Waals surface area contributed by atoms with Crippen LogP contribution in [0.3, 0.4) is 0 Å². The van der Waals surface area contributed by atoms with Crippen LogP contribution in [0.2, 0.25) is 0 Å². The summed E-state index contributed by atoms with van der Waals surface area (Å²) in [6, 6.07) is 0. The zero-order chi connectivity index (χ0) is 45.8. The van der Waals surface area contributed by atoms with Crippen LogP contribution in [0.4, 0.5) is 0 Å². The van der Waals surface area contributed by atoms with Gasteiger partial charge in [0.25, 0.3) is 0 Å². The highest BCUT2D eigenvalue weighted by atomic mass is 16.6. The van der Waals surface area contributed by atoms with Crippen LogP contribution in [0.1, 0.15) is 278 Å². The van der Waals surface area contributed by atoms with Gasteiger partial charge in [0, 0.05) is 19.3 Å². The average Bonchev–Trinajstić information content (AvgIpc) is 3.28. The first-order valence-electron chi connectivity index (χ1n) is 27.1. The second-order valence-electron chi connectivity index (χ2n) is 18.1. The normalized spacial score (nSPS) is 12.4. The van der Waals surface area contributed by atoms with Gasteiger partial charge in [0.15, 0.2) is 6.10 Å².